The van der Waals surface area contributed by atoms with E-state index in [1.807, 2.05) is 0 Å². The summed E-state index contributed by atoms with van der Waals surface area (Å²) in [5, 5.41) is 0. The van der Waals surface area contributed by atoms with E-state index in [0.717, 1.165) is 6.42 Å². The maximum Gasteiger partial charge on any atom is 0.0106 e. The Labute approximate surface area is 69.0 Å². The van der Waals surface area contributed by atoms with E-state index in [0.29, 0.717) is 5.41 Å². The van der Waals surface area contributed by atoms with Crippen molar-refractivity contribution < 1.29 is 0 Å². The molecule has 1 nitrogen and oxygen atoms in total. The van der Waals surface area contributed by atoms with E-state index in [-0.39, 0.29) is 0 Å². The lowest BCUT2D eigenvalue weighted by Crippen LogP contribution is -2.08. The minimum atomic E-state index is 0.404. The van der Waals surface area contributed by atoms with Crippen LogP contribution in [0.3, 0.4) is 0 Å². The van der Waals surface area contributed by atoms with E-state index < -0.39 is 0 Å². The van der Waals surface area contributed by atoms with Crippen LogP contribution in [-0.4, -0.2) is 4.57 Å². The molecule has 0 fully saturated rings. The highest BCUT2D eigenvalue weighted by molar-refractivity contribution is 5.11. The number of aromatic nitrogens is 1. The van der Waals surface area contributed by atoms with Crippen molar-refractivity contribution in [3.05, 3.63) is 24.0 Å². The molecule has 0 N–H and O–H groups in total. The number of nitrogens with zero attached hydrogens (tertiary/aromatic N) is 1. The minimum Gasteiger partial charge on any atom is -0.357 e. The van der Waals surface area contributed by atoms with Gasteiger partial charge in [-0.05, 0) is 23.5 Å². The number of aryl methyl sites for hydroxylation is 1. The molecule has 1 aromatic heterocycles. The first-order chi connectivity index (χ1) is 4.97. The predicted molar refractivity (Wildman–Crippen MR) is 48.6 cm³/mol. The van der Waals surface area contributed by atoms with Gasteiger partial charge >= 0.3 is 0 Å². The van der Waals surface area contributed by atoms with Gasteiger partial charge in [0, 0.05) is 19.4 Å². The third-order valence-electron chi connectivity index (χ3n) is 1.63. The summed E-state index contributed by atoms with van der Waals surface area (Å²) in [4.78, 5) is 0. The molecule has 0 aliphatic rings. The summed E-state index contributed by atoms with van der Waals surface area (Å²) in [5.41, 5.74) is 1.83. The molecule has 1 heterocycles. The molecule has 0 aromatic carbocycles. The van der Waals surface area contributed by atoms with Gasteiger partial charge in [-0.25, -0.2) is 0 Å². The van der Waals surface area contributed by atoms with Gasteiger partial charge in [0.15, 0.2) is 0 Å². The van der Waals surface area contributed by atoms with Gasteiger partial charge in [-0.3, -0.25) is 0 Å². The number of rotatable bonds is 1. The van der Waals surface area contributed by atoms with E-state index in [2.05, 4.69) is 50.8 Å². The molecule has 1 heteroatoms. The van der Waals surface area contributed by atoms with E-state index in [4.69, 9.17) is 0 Å². The summed E-state index contributed by atoms with van der Waals surface area (Å²) in [7, 11) is 2.06. The third kappa shape index (κ3) is 2.79. The fourth-order valence-electron chi connectivity index (χ4n) is 1.28. The quantitative estimate of drug-likeness (QED) is 0.581. The van der Waals surface area contributed by atoms with Crippen LogP contribution in [0.15, 0.2) is 18.5 Å². The molecule has 0 unspecified atom stereocenters. The van der Waals surface area contributed by atoms with E-state index in [1.165, 1.54) is 5.56 Å². The standard InChI is InChI=1S/C10H17N/c1-10(2,3)7-9-5-6-11(4)8-9/h5-6,8H,7H2,1-4H3. The average Bonchev–Trinajstić information content (AvgIpc) is 2.10. The zero-order valence-electron chi connectivity index (χ0n) is 7.89. The van der Waals surface area contributed by atoms with Crippen LogP contribution in [0.25, 0.3) is 0 Å². The van der Waals surface area contributed by atoms with Crippen LogP contribution in [0.4, 0.5) is 0 Å². The first-order valence-corrected chi connectivity index (χ1v) is 4.08. The molecule has 0 amide bonds. The zero-order valence-corrected chi connectivity index (χ0v) is 7.89. The smallest absolute Gasteiger partial charge is 0.0106 e. The van der Waals surface area contributed by atoms with Crippen LogP contribution >= 0.6 is 0 Å². The van der Waals surface area contributed by atoms with Crippen LogP contribution in [-0.2, 0) is 13.5 Å². The lowest BCUT2D eigenvalue weighted by Gasteiger charge is -2.16. The molecule has 11 heavy (non-hydrogen) atoms. The molecule has 1 rings (SSSR count). The largest absolute Gasteiger partial charge is 0.357 e. The van der Waals surface area contributed by atoms with Crippen molar-refractivity contribution in [3.8, 4) is 0 Å². The Morgan fingerprint density at radius 2 is 2.00 bits per heavy atom. The van der Waals surface area contributed by atoms with Gasteiger partial charge in [-0.15, -0.1) is 0 Å². The van der Waals surface area contributed by atoms with E-state index in [9.17, 15) is 0 Å². The Hall–Kier alpha value is -0.720. The van der Waals surface area contributed by atoms with Gasteiger partial charge in [-0.2, -0.15) is 0 Å². The lowest BCUT2D eigenvalue weighted by molar-refractivity contribution is 0.411. The molecule has 0 atom stereocenters. The Bertz CT molecular complexity index is 227. The maximum absolute atomic E-state index is 2.26. The van der Waals surface area contributed by atoms with Crippen molar-refractivity contribution in [1.82, 2.24) is 4.57 Å². The van der Waals surface area contributed by atoms with Gasteiger partial charge in [0.25, 0.3) is 0 Å². The molecular weight excluding hydrogens is 134 g/mol. The first kappa shape index (κ1) is 8.38. The van der Waals surface area contributed by atoms with Gasteiger partial charge in [-0.1, -0.05) is 20.8 Å². The molecule has 0 saturated heterocycles. The van der Waals surface area contributed by atoms with Crippen LogP contribution in [0.5, 0.6) is 0 Å². The second-order valence-electron chi connectivity index (χ2n) is 4.42. The maximum atomic E-state index is 2.26. The van der Waals surface area contributed by atoms with Crippen molar-refractivity contribution >= 4 is 0 Å². The summed E-state index contributed by atoms with van der Waals surface area (Å²) in [6.07, 6.45) is 5.44. The zero-order chi connectivity index (χ0) is 8.48. The highest BCUT2D eigenvalue weighted by Crippen LogP contribution is 2.20. The molecule has 0 spiro atoms. The van der Waals surface area contributed by atoms with Crippen LogP contribution in [0.2, 0.25) is 0 Å². The Morgan fingerprint density at radius 1 is 1.36 bits per heavy atom. The molecule has 1 aromatic rings. The van der Waals surface area contributed by atoms with Gasteiger partial charge < -0.3 is 4.57 Å². The fourth-order valence-corrected chi connectivity index (χ4v) is 1.28. The molecule has 0 bridgehead atoms. The molecule has 62 valence electrons. The first-order valence-electron chi connectivity index (χ1n) is 4.08. The SMILES string of the molecule is Cn1ccc(CC(C)(C)C)c1. The fraction of sp³-hybridized carbons (Fsp3) is 0.600. The van der Waals surface area contributed by atoms with Gasteiger partial charge in [0.1, 0.15) is 0 Å². The van der Waals surface area contributed by atoms with Crippen molar-refractivity contribution in [1.29, 1.82) is 0 Å². The second kappa shape index (κ2) is 2.72. The Balaban J connectivity index is 2.65. The molecule has 0 radical (unpaired) electrons. The summed E-state index contributed by atoms with van der Waals surface area (Å²) in [6, 6.07) is 2.19. The van der Waals surface area contributed by atoms with Crippen LogP contribution in [0, 0.1) is 5.41 Å². The summed E-state index contributed by atoms with van der Waals surface area (Å²) in [5.74, 6) is 0. The highest BCUT2D eigenvalue weighted by Gasteiger charge is 2.11. The topological polar surface area (TPSA) is 4.93 Å². The monoisotopic (exact) mass is 151 g/mol. The number of hydrogen-bond donors (Lipinski definition) is 0. The summed E-state index contributed by atoms with van der Waals surface area (Å²) < 4.78 is 2.10. The van der Waals surface area contributed by atoms with Crippen LogP contribution in [0.1, 0.15) is 26.3 Å². The second-order valence-corrected chi connectivity index (χ2v) is 4.42. The minimum absolute atomic E-state index is 0.404. The predicted octanol–water partition coefficient (Wildman–Crippen LogP) is 2.61. The van der Waals surface area contributed by atoms with Crippen molar-refractivity contribution in [2.75, 3.05) is 0 Å². The molecule has 0 aliphatic carbocycles. The average molecular weight is 151 g/mol. The summed E-state index contributed by atoms with van der Waals surface area (Å²) in [6.45, 7) is 6.79. The van der Waals surface area contributed by atoms with Crippen molar-refractivity contribution in [2.45, 2.75) is 27.2 Å². The Morgan fingerprint density at radius 3 is 2.36 bits per heavy atom. The van der Waals surface area contributed by atoms with Gasteiger partial charge in [0.2, 0.25) is 0 Å². The van der Waals surface area contributed by atoms with Crippen LogP contribution < -0.4 is 0 Å². The van der Waals surface area contributed by atoms with Crippen molar-refractivity contribution in [2.24, 2.45) is 12.5 Å². The molecule has 0 saturated carbocycles. The van der Waals surface area contributed by atoms with E-state index in [1.54, 1.807) is 0 Å². The van der Waals surface area contributed by atoms with E-state index >= 15 is 0 Å². The summed E-state index contributed by atoms with van der Waals surface area (Å²) >= 11 is 0. The van der Waals surface area contributed by atoms with Gasteiger partial charge in [0.05, 0.1) is 0 Å². The molecule has 0 aliphatic heterocycles. The lowest BCUT2D eigenvalue weighted by atomic mass is 9.89. The normalized spacial score (nSPS) is 12.0. The Kier molecular flexibility index (Phi) is 2.08. The highest BCUT2D eigenvalue weighted by atomic mass is 14.9. The molecular formula is C10H17N. The van der Waals surface area contributed by atoms with Crippen molar-refractivity contribution in [3.63, 3.8) is 0 Å². The number of hydrogen-bond acceptors (Lipinski definition) is 0. The third-order valence-corrected chi connectivity index (χ3v) is 1.63.